The second-order valence-corrected chi connectivity index (χ2v) is 4.18. The van der Waals surface area contributed by atoms with Gasteiger partial charge in [-0.25, -0.2) is 0 Å². The summed E-state index contributed by atoms with van der Waals surface area (Å²) in [6, 6.07) is 0. The van der Waals surface area contributed by atoms with E-state index in [0.717, 1.165) is 39.0 Å². The van der Waals surface area contributed by atoms with Crippen molar-refractivity contribution in [2.75, 3.05) is 39.8 Å². The van der Waals surface area contributed by atoms with Gasteiger partial charge in [0, 0.05) is 19.7 Å². The molecule has 1 heterocycles. The van der Waals surface area contributed by atoms with Crippen molar-refractivity contribution in [2.24, 2.45) is 5.92 Å². The second-order valence-electron chi connectivity index (χ2n) is 4.18. The molecule has 0 unspecified atom stereocenters. The monoisotopic (exact) mass is 198 g/mol. The first-order chi connectivity index (χ1) is 6.76. The lowest BCUT2D eigenvalue weighted by molar-refractivity contribution is 0.137. The number of nitrogens with one attached hydrogen (secondary N) is 1. The number of nitrogens with zero attached hydrogens (tertiary/aromatic N) is 1. The van der Waals surface area contributed by atoms with Gasteiger partial charge in [-0.05, 0) is 44.5 Å². The molecule has 1 aliphatic rings. The van der Waals surface area contributed by atoms with Crippen LogP contribution in [0.15, 0.2) is 12.2 Å². The van der Waals surface area contributed by atoms with Crippen LogP contribution in [0.2, 0.25) is 0 Å². The molecule has 14 heavy (non-hydrogen) atoms. The molecule has 0 aliphatic carbocycles. The zero-order chi connectivity index (χ0) is 10.4. The van der Waals surface area contributed by atoms with Gasteiger partial charge in [0.1, 0.15) is 0 Å². The highest BCUT2D eigenvalue weighted by molar-refractivity contribution is 4.99. The molecule has 0 radical (unpaired) electrons. The van der Waals surface area contributed by atoms with E-state index in [1.54, 1.807) is 0 Å². The number of likely N-dealkylation sites (tertiary alicyclic amines) is 1. The van der Waals surface area contributed by atoms with Crippen LogP contribution in [0.3, 0.4) is 0 Å². The number of rotatable bonds is 5. The Hall–Kier alpha value is -0.380. The van der Waals surface area contributed by atoms with Gasteiger partial charge >= 0.3 is 0 Å². The largest absolute Gasteiger partial charge is 0.396 e. The highest BCUT2D eigenvalue weighted by atomic mass is 16.3. The van der Waals surface area contributed by atoms with Crippen LogP contribution in [0, 0.1) is 5.92 Å². The van der Waals surface area contributed by atoms with Gasteiger partial charge < -0.3 is 10.4 Å². The first-order valence-electron chi connectivity index (χ1n) is 5.40. The number of likely N-dealkylation sites (N-methyl/N-ethyl adjacent to an activating group) is 1. The molecule has 0 saturated carbocycles. The maximum atomic E-state index is 9.00. The zero-order valence-electron chi connectivity index (χ0n) is 9.13. The summed E-state index contributed by atoms with van der Waals surface area (Å²) in [5, 5.41) is 12.1. The Labute approximate surface area is 86.8 Å². The van der Waals surface area contributed by atoms with Crippen LogP contribution >= 0.6 is 0 Å². The Morgan fingerprint density at radius 2 is 2.14 bits per heavy atom. The summed E-state index contributed by atoms with van der Waals surface area (Å²) in [6.45, 7) is 8.49. The number of piperidine rings is 1. The molecule has 0 atom stereocenters. The Morgan fingerprint density at radius 1 is 1.50 bits per heavy atom. The molecular formula is C11H22N2O. The van der Waals surface area contributed by atoms with Crippen molar-refractivity contribution < 1.29 is 5.11 Å². The van der Waals surface area contributed by atoms with Crippen LogP contribution < -0.4 is 5.32 Å². The molecule has 0 aromatic carbocycles. The third-order valence-corrected chi connectivity index (χ3v) is 2.84. The standard InChI is InChI=1S/C11H22N2O/c1-10(7-12-2)8-13-5-3-11(9-14)4-6-13/h11-12,14H,1,3-9H2,2H3. The summed E-state index contributed by atoms with van der Waals surface area (Å²) in [5.41, 5.74) is 1.25. The molecular weight excluding hydrogens is 176 g/mol. The number of aliphatic hydroxyl groups excluding tert-OH is 1. The lowest BCUT2D eigenvalue weighted by atomic mass is 9.97. The minimum absolute atomic E-state index is 0.352. The van der Waals surface area contributed by atoms with E-state index in [1.807, 2.05) is 7.05 Å². The van der Waals surface area contributed by atoms with Gasteiger partial charge in [0.15, 0.2) is 0 Å². The summed E-state index contributed by atoms with van der Waals surface area (Å²) < 4.78 is 0. The van der Waals surface area contributed by atoms with Gasteiger partial charge in [0.25, 0.3) is 0 Å². The summed E-state index contributed by atoms with van der Waals surface area (Å²) >= 11 is 0. The maximum Gasteiger partial charge on any atom is 0.0460 e. The number of aliphatic hydroxyl groups is 1. The van der Waals surface area contributed by atoms with Crippen LogP contribution in [-0.4, -0.2) is 49.8 Å². The third kappa shape index (κ3) is 3.78. The van der Waals surface area contributed by atoms with Gasteiger partial charge in [0.2, 0.25) is 0 Å². The van der Waals surface area contributed by atoms with Gasteiger partial charge in [-0.1, -0.05) is 6.58 Å². The smallest absolute Gasteiger partial charge is 0.0460 e. The van der Waals surface area contributed by atoms with Crippen molar-refractivity contribution in [1.82, 2.24) is 10.2 Å². The van der Waals surface area contributed by atoms with Crippen molar-refractivity contribution in [3.05, 3.63) is 12.2 Å². The molecule has 0 aromatic heterocycles. The zero-order valence-corrected chi connectivity index (χ0v) is 9.13. The van der Waals surface area contributed by atoms with Gasteiger partial charge in [-0.15, -0.1) is 0 Å². The molecule has 1 aliphatic heterocycles. The summed E-state index contributed by atoms with van der Waals surface area (Å²) in [6.07, 6.45) is 2.26. The topological polar surface area (TPSA) is 35.5 Å². The van der Waals surface area contributed by atoms with E-state index >= 15 is 0 Å². The van der Waals surface area contributed by atoms with E-state index in [1.165, 1.54) is 5.57 Å². The molecule has 0 amide bonds. The lowest BCUT2D eigenvalue weighted by Gasteiger charge is -2.31. The van der Waals surface area contributed by atoms with E-state index in [0.29, 0.717) is 12.5 Å². The molecule has 1 fully saturated rings. The van der Waals surface area contributed by atoms with Crippen LogP contribution in [0.5, 0.6) is 0 Å². The van der Waals surface area contributed by atoms with Crippen LogP contribution in [0.25, 0.3) is 0 Å². The molecule has 0 aromatic rings. The van der Waals surface area contributed by atoms with Gasteiger partial charge in [-0.2, -0.15) is 0 Å². The summed E-state index contributed by atoms with van der Waals surface area (Å²) in [4.78, 5) is 2.42. The summed E-state index contributed by atoms with van der Waals surface area (Å²) in [5.74, 6) is 0.531. The van der Waals surface area contributed by atoms with E-state index in [2.05, 4.69) is 16.8 Å². The summed E-state index contributed by atoms with van der Waals surface area (Å²) in [7, 11) is 1.95. The fraction of sp³-hybridized carbons (Fsp3) is 0.818. The number of hydrogen-bond acceptors (Lipinski definition) is 3. The average Bonchev–Trinajstić information content (AvgIpc) is 2.19. The molecule has 82 valence electrons. The average molecular weight is 198 g/mol. The molecule has 0 bridgehead atoms. The second kappa shape index (κ2) is 6.17. The van der Waals surface area contributed by atoms with Crippen LogP contribution in [0.4, 0.5) is 0 Å². The molecule has 1 rings (SSSR count). The Kier molecular flexibility index (Phi) is 5.15. The van der Waals surface area contributed by atoms with Crippen molar-refractivity contribution in [3.8, 4) is 0 Å². The fourth-order valence-electron chi connectivity index (χ4n) is 1.95. The highest BCUT2D eigenvalue weighted by Crippen LogP contribution is 2.16. The van der Waals surface area contributed by atoms with Crippen molar-refractivity contribution in [2.45, 2.75) is 12.8 Å². The Bertz CT molecular complexity index is 174. The SMILES string of the molecule is C=C(CNC)CN1CCC(CO)CC1. The minimum Gasteiger partial charge on any atom is -0.396 e. The Morgan fingerprint density at radius 3 is 2.64 bits per heavy atom. The highest BCUT2D eigenvalue weighted by Gasteiger charge is 2.18. The quantitative estimate of drug-likeness (QED) is 0.630. The van der Waals surface area contributed by atoms with E-state index in [9.17, 15) is 0 Å². The lowest BCUT2D eigenvalue weighted by Crippen LogP contribution is -2.36. The third-order valence-electron chi connectivity index (χ3n) is 2.84. The van der Waals surface area contributed by atoms with Crippen molar-refractivity contribution >= 4 is 0 Å². The van der Waals surface area contributed by atoms with E-state index in [-0.39, 0.29) is 0 Å². The predicted molar refractivity (Wildman–Crippen MR) is 59.3 cm³/mol. The molecule has 3 heteroatoms. The first-order valence-corrected chi connectivity index (χ1v) is 5.40. The van der Waals surface area contributed by atoms with Crippen LogP contribution in [-0.2, 0) is 0 Å². The van der Waals surface area contributed by atoms with E-state index < -0.39 is 0 Å². The number of hydrogen-bond donors (Lipinski definition) is 2. The predicted octanol–water partition coefficient (Wildman–Crippen LogP) is 0.466. The van der Waals surface area contributed by atoms with Crippen molar-refractivity contribution in [1.29, 1.82) is 0 Å². The van der Waals surface area contributed by atoms with Gasteiger partial charge in [-0.3, -0.25) is 4.90 Å². The molecule has 3 nitrogen and oxygen atoms in total. The van der Waals surface area contributed by atoms with E-state index in [4.69, 9.17) is 5.11 Å². The molecule has 2 N–H and O–H groups in total. The van der Waals surface area contributed by atoms with Crippen molar-refractivity contribution in [3.63, 3.8) is 0 Å². The minimum atomic E-state index is 0.352. The normalized spacial score (nSPS) is 19.9. The first kappa shape index (κ1) is 11.7. The van der Waals surface area contributed by atoms with Gasteiger partial charge in [0.05, 0.1) is 0 Å². The Balaban J connectivity index is 2.18. The van der Waals surface area contributed by atoms with Crippen LogP contribution in [0.1, 0.15) is 12.8 Å². The molecule has 1 saturated heterocycles. The maximum absolute atomic E-state index is 9.00. The molecule has 0 spiro atoms. The fourth-order valence-corrected chi connectivity index (χ4v) is 1.95.